The van der Waals surface area contributed by atoms with Crippen LogP contribution in [0, 0.1) is 0 Å². The van der Waals surface area contributed by atoms with E-state index in [4.69, 9.17) is 14.2 Å². The molecule has 3 aliphatic heterocycles. The van der Waals surface area contributed by atoms with Crippen LogP contribution in [-0.4, -0.2) is 83.6 Å². The van der Waals surface area contributed by atoms with Gasteiger partial charge in [-0.1, -0.05) is 0 Å². The minimum absolute atomic E-state index is 0.200. The summed E-state index contributed by atoms with van der Waals surface area (Å²) < 4.78 is 16.3. The predicted octanol–water partition coefficient (Wildman–Crippen LogP) is -4.03. The molecule has 0 aliphatic carbocycles. The van der Waals surface area contributed by atoms with E-state index in [9.17, 15) is 5.11 Å². The highest BCUT2D eigenvalue weighted by atomic mass is 16.7. The molecule has 4 N–H and O–H groups in total. The number of aliphatic hydroxyl groups excluding tert-OH is 1. The van der Waals surface area contributed by atoms with Gasteiger partial charge in [0.1, 0.15) is 58.9 Å². The molecule has 2 saturated heterocycles. The Hall–Kier alpha value is -1.38. The zero-order chi connectivity index (χ0) is 17.8. The summed E-state index contributed by atoms with van der Waals surface area (Å²) in [6.45, 7) is 11.4. The number of nitrogens with one attached hydrogen (secondary N) is 3. The Morgan fingerprint density at radius 1 is 0.846 bits per heavy atom. The molecule has 0 spiro atoms. The van der Waals surface area contributed by atoms with Gasteiger partial charge in [-0.05, 0) is 18.2 Å². The summed E-state index contributed by atoms with van der Waals surface area (Å²) in [4.78, 5) is 4.63. The highest BCUT2D eigenvalue weighted by molar-refractivity contribution is 5.44. The third-order valence-corrected chi connectivity index (χ3v) is 5.80. The lowest BCUT2D eigenvalue weighted by Crippen LogP contribution is -3.28. The van der Waals surface area contributed by atoms with Gasteiger partial charge in [0, 0.05) is 5.56 Å². The van der Waals surface area contributed by atoms with Crippen molar-refractivity contribution in [2.24, 2.45) is 0 Å². The smallest absolute Gasteiger partial charge is 0.231 e. The highest BCUT2D eigenvalue weighted by Crippen LogP contribution is 2.32. The maximum atomic E-state index is 10.4. The number of rotatable bonds is 6. The maximum absolute atomic E-state index is 10.4. The van der Waals surface area contributed by atoms with E-state index in [-0.39, 0.29) is 6.10 Å². The molecule has 0 bridgehead atoms. The zero-order valence-electron chi connectivity index (χ0n) is 15.5. The molecule has 0 amide bonds. The van der Waals surface area contributed by atoms with Crippen molar-refractivity contribution in [3.63, 3.8) is 0 Å². The van der Waals surface area contributed by atoms with E-state index in [0.29, 0.717) is 6.79 Å². The first kappa shape index (κ1) is 18.0. The largest absolute Gasteiger partial charge is 0.454 e. The summed E-state index contributed by atoms with van der Waals surface area (Å²) in [5, 5.41) is 10.4. The van der Waals surface area contributed by atoms with Crippen molar-refractivity contribution < 1.29 is 34.0 Å². The summed E-state index contributed by atoms with van der Waals surface area (Å²) in [6, 6.07) is 6.28. The number of piperazine rings is 1. The van der Waals surface area contributed by atoms with Gasteiger partial charge < -0.3 is 34.0 Å². The molecule has 1 aromatic carbocycles. The van der Waals surface area contributed by atoms with E-state index in [1.54, 1.807) is 9.80 Å². The van der Waals surface area contributed by atoms with E-state index in [2.05, 4.69) is 12.1 Å². The molecule has 0 unspecified atom stereocenters. The van der Waals surface area contributed by atoms with Crippen LogP contribution in [0.25, 0.3) is 0 Å². The van der Waals surface area contributed by atoms with Crippen molar-refractivity contribution in [1.82, 2.24) is 0 Å². The number of benzene rings is 1. The topological polar surface area (TPSA) is 61.2 Å². The van der Waals surface area contributed by atoms with Crippen molar-refractivity contribution in [1.29, 1.82) is 0 Å². The third kappa shape index (κ3) is 4.66. The van der Waals surface area contributed by atoms with Crippen LogP contribution in [0.5, 0.6) is 11.5 Å². The Labute approximate surface area is 155 Å². The molecule has 26 heavy (non-hydrogen) atoms. The number of quaternary nitrogens is 3. The van der Waals surface area contributed by atoms with Crippen molar-refractivity contribution in [2.75, 3.05) is 72.4 Å². The fourth-order valence-corrected chi connectivity index (χ4v) is 4.28. The van der Waals surface area contributed by atoms with Crippen LogP contribution >= 0.6 is 0 Å². The number of hydrogen-bond acceptors (Lipinski definition) is 4. The molecule has 7 heteroatoms. The molecule has 7 nitrogen and oxygen atoms in total. The number of hydrogen-bond donors (Lipinski definition) is 4. The third-order valence-electron chi connectivity index (χ3n) is 5.80. The molecule has 1 aromatic rings. The monoisotopic (exact) mass is 366 g/mol. The Balaban J connectivity index is 1.19. The Bertz CT molecular complexity index is 586. The van der Waals surface area contributed by atoms with E-state index in [1.807, 2.05) is 6.07 Å². The van der Waals surface area contributed by atoms with E-state index >= 15 is 0 Å². The number of aliphatic hydroxyl groups is 1. The molecule has 0 aromatic heterocycles. The fourth-order valence-electron chi connectivity index (χ4n) is 4.28. The standard InChI is InChI=1S/C19H29N3O4/c23-17(14-22-7-9-24-10-8-22)13-21-5-3-20(4-6-21)12-16-1-2-18-19(11-16)26-15-25-18/h1-2,11,17,23H,3-10,12-15H2/p+3/t17-/m0/s1. The van der Waals surface area contributed by atoms with Crippen LogP contribution in [0.3, 0.4) is 0 Å². The minimum Gasteiger partial charge on any atom is -0.454 e. The number of ether oxygens (including phenoxy) is 3. The average Bonchev–Trinajstić information content (AvgIpc) is 3.12. The lowest BCUT2D eigenvalue weighted by atomic mass is 10.1. The van der Waals surface area contributed by atoms with E-state index in [1.165, 1.54) is 10.5 Å². The van der Waals surface area contributed by atoms with Gasteiger partial charge in [-0.3, -0.25) is 0 Å². The van der Waals surface area contributed by atoms with E-state index < -0.39 is 0 Å². The van der Waals surface area contributed by atoms with Gasteiger partial charge in [0.05, 0.1) is 13.2 Å². The highest BCUT2D eigenvalue weighted by Gasteiger charge is 2.27. The van der Waals surface area contributed by atoms with Crippen LogP contribution in [0.15, 0.2) is 18.2 Å². The van der Waals surface area contributed by atoms with Crippen molar-refractivity contribution >= 4 is 0 Å². The minimum atomic E-state index is -0.200. The summed E-state index contributed by atoms with van der Waals surface area (Å²) in [5.41, 5.74) is 1.31. The van der Waals surface area contributed by atoms with E-state index in [0.717, 1.165) is 83.6 Å². The first-order valence-corrected chi connectivity index (χ1v) is 9.91. The van der Waals surface area contributed by atoms with Crippen LogP contribution in [0.1, 0.15) is 5.56 Å². The average molecular weight is 366 g/mol. The molecular formula is C19H32N3O4+3. The SMILES string of the molecule is O[C@H](C[NH+]1CCOCC1)C[NH+]1CC[NH+](Cc2ccc3c(c2)OCO3)CC1. The quantitative estimate of drug-likeness (QED) is 0.414. The van der Waals surface area contributed by atoms with Gasteiger partial charge >= 0.3 is 0 Å². The van der Waals surface area contributed by atoms with Crippen LogP contribution in [0.4, 0.5) is 0 Å². The second kappa shape index (κ2) is 8.54. The molecule has 0 saturated carbocycles. The molecule has 1 atom stereocenters. The predicted molar refractivity (Wildman–Crippen MR) is 94.9 cm³/mol. The summed E-state index contributed by atoms with van der Waals surface area (Å²) >= 11 is 0. The lowest BCUT2D eigenvalue weighted by Gasteiger charge is -2.32. The molecule has 2 fully saturated rings. The summed E-state index contributed by atoms with van der Waals surface area (Å²) in [7, 11) is 0. The van der Waals surface area contributed by atoms with Crippen molar-refractivity contribution in [3.8, 4) is 11.5 Å². The van der Waals surface area contributed by atoms with Gasteiger partial charge in [0.2, 0.25) is 6.79 Å². The fraction of sp³-hybridized carbons (Fsp3) is 0.684. The van der Waals surface area contributed by atoms with Gasteiger partial charge in [-0.15, -0.1) is 0 Å². The number of fused-ring (bicyclic) bond motifs is 1. The molecule has 0 radical (unpaired) electrons. The number of morpholine rings is 1. The first-order chi connectivity index (χ1) is 12.8. The van der Waals surface area contributed by atoms with Crippen LogP contribution < -0.4 is 24.2 Å². The van der Waals surface area contributed by atoms with Gasteiger partial charge in [-0.25, -0.2) is 0 Å². The second-order valence-electron chi connectivity index (χ2n) is 7.79. The second-order valence-corrected chi connectivity index (χ2v) is 7.79. The first-order valence-electron chi connectivity index (χ1n) is 9.91. The Morgan fingerprint density at radius 3 is 2.27 bits per heavy atom. The molecule has 3 aliphatic rings. The van der Waals surface area contributed by atoms with Gasteiger partial charge in [0.15, 0.2) is 17.6 Å². The lowest BCUT2D eigenvalue weighted by molar-refractivity contribution is -1.02. The summed E-state index contributed by atoms with van der Waals surface area (Å²) in [6.07, 6.45) is -0.200. The van der Waals surface area contributed by atoms with Gasteiger partial charge in [0.25, 0.3) is 0 Å². The summed E-state index contributed by atoms with van der Waals surface area (Å²) in [5.74, 6) is 1.73. The Morgan fingerprint density at radius 2 is 1.50 bits per heavy atom. The molecular weight excluding hydrogens is 334 g/mol. The van der Waals surface area contributed by atoms with Crippen LogP contribution in [-0.2, 0) is 11.3 Å². The molecule has 4 rings (SSSR count). The van der Waals surface area contributed by atoms with Crippen molar-refractivity contribution in [3.05, 3.63) is 23.8 Å². The van der Waals surface area contributed by atoms with Gasteiger partial charge in [-0.2, -0.15) is 0 Å². The maximum Gasteiger partial charge on any atom is 0.231 e. The molecule has 3 heterocycles. The normalized spacial score (nSPS) is 27.4. The molecule has 144 valence electrons. The van der Waals surface area contributed by atoms with Crippen molar-refractivity contribution in [2.45, 2.75) is 12.6 Å². The van der Waals surface area contributed by atoms with Crippen LogP contribution in [0.2, 0.25) is 0 Å². The Kier molecular flexibility index (Phi) is 5.91. The zero-order valence-corrected chi connectivity index (χ0v) is 15.5.